The molecule has 2 heterocycles. The Morgan fingerprint density at radius 3 is 2.80 bits per heavy atom. The van der Waals surface area contributed by atoms with Crippen LogP contribution in [0.1, 0.15) is 16.1 Å². The van der Waals surface area contributed by atoms with Gasteiger partial charge in [0.1, 0.15) is 18.1 Å². The van der Waals surface area contributed by atoms with Crippen LogP contribution in [0.3, 0.4) is 0 Å². The number of carbonyl (C=O) groups is 4. The van der Waals surface area contributed by atoms with Gasteiger partial charge < -0.3 is 19.6 Å². The van der Waals surface area contributed by atoms with E-state index in [4.69, 9.17) is 14.3 Å². The van der Waals surface area contributed by atoms with E-state index in [1.54, 1.807) is 24.3 Å². The Hall–Kier alpha value is -3.37. The monoisotopic (exact) mass is 430 g/mol. The Morgan fingerprint density at radius 1 is 1.27 bits per heavy atom. The Kier molecular flexibility index (Phi) is 6.70. The number of ether oxygens (including phenoxy) is 1. The number of thioether (sulfide) groups is 1. The minimum atomic E-state index is -1.05. The highest BCUT2D eigenvalue weighted by Crippen LogP contribution is 2.33. The van der Waals surface area contributed by atoms with Gasteiger partial charge in [-0.2, -0.15) is 0 Å². The number of furan rings is 1. The van der Waals surface area contributed by atoms with Crippen molar-refractivity contribution in [3.63, 3.8) is 0 Å². The molecular formula is C20H18N2O7S. The molecule has 1 aromatic heterocycles. The summed E-state index contributed by atoms with van der Waals surface area (Å²) in [5.74, 6) is -1.36. The fourth-order valence-corrected chi connectivity index (χ4v) is 3.47. The van der Waals surface area contributed by atoms with Gasteiger partial charge in [0.15, 0.2) is 0 Å². The van der Waals surface area contributed by atoms with E-state index in [-0.39, 0.29) is 23.6 Å². The molecule has 0 bridgehead atoms. The standard InChI is InChI=1S/C20H18N2O7S/c1-28-8-7-21-17(23)11-22-18(24)16(30-20(22)27)10-14-5-6-15(29-14)12-3-2-4-13(9-12)19(25)26/h2-6,9-10H,7-8,11H2,1H3,(H,21,23)(H,25,26)/b16-10-. The molecule has 30 heavy (non-hydrogen) atoms. The minimum Gasteiger partial charge on any atom is -0.478 e. The molecule has 156 valence electrons. The molecule has 0 unspecified atom stereocenters. The topological polar surface area (TPSA) is 126 Å². The van der Waals surface area contributed by atoms with Gasteiger partial charge in [-0.3, -0.25) is 19.3 Å². The molecule has 1 saturated heterocycles. The molecule has 1 aliphatic heterocycles. The van der Waals surface area contributed by atoms with Crippen LogP contribution in [0.25, 0.3) is 17.4 Å². The number of hydrogen-bond acceptors (Lipinski definition) is 7. The average Bonchev–Trinajstić information content (AvgIpc) is 3.29. The maximum Gasteiger partial charge on any atom is 0.335 e. The van der Waals surface area contributed by atoms with Crippen LogP contribution < -0.4 is 5.32 Å². The maximum absolute atomic E-state index is 12.5. The quantitative estimate of drug-likeness (QED) is 0.483. The summed E-state index contributed by atoms with van der Waals surface area (Å²) in [5, 5.41) is 11.1. The van der Waals surface area contributed by atoms with E-state index in [0.29, 0.717) is 35.5 Å². The predicted octanol–water partition coefficient (Wildman–Crippen LogP) is 2.44. The molecule has 0 radical (unpaired) electrons. The Balaban J connectivity index is 1.71. The highest BCUT2D eigenvalue weighted by molar-refractivity contribution is 8.18. The summed E-state index contributed by atoms with van der Waals surface area (Å²) in [4.78, 5) is 48.6. The van der Waals surface area contributed by atoms with Crippen molar-refractivity contribution in [1.82, 2.24) is 10.2 Å². The summed E-state index contributed by atoms with van der Waals surface area (Å²) in [6.07, 6.45) is 1.41. The van der Waals surface area contributed by atoms with Crippen LogP contribution in [0.2, 0.25) is 0 Å². The lowest BCUT2D eigenvalue weighted by Crippen LogP contribution is -2.40. The first-order valence-corrected chi connectivity index (χ1v) is 9.65. The van der Waals surface area contributed by atoms with Crippen LogP contribution >= 0.6 is 11.8 Å². The van der Waals surface area contributed by atoms with E-state index >= 15 is 0 Å². The maximum atomic E-state index is 12.5. The largest absolute Gasteiger partial charge is 0.478 e. The first kappa shape index (κ1) is 21.3. The van der Waals surface area contributed by atoms with Crippen molar-refractivity contribution in [3.05, 3.63) is 52.6 Å². The van der Waals surface area contributed by atoms with Crippen molar-refractivity contribution in [2.24, 2.45) is 0 Å². The summed E-state index contributed by atoms with van der Waals surface area (Å²) < 4.78 is 10.5. The fraction of sp³-hybridized carbons (Fsp3) is 0.200. The lowest BCUT2D eigenvalue weighted by atomic mass is 10.1. The van der Waals surface area contributed by atoms with Gasteiger partial charge in [0.25, 0.3) is 11.1 Å². The molecule has 0 atom stereocenters. The number of carboxylic acid groups (broad SMARTS) is 1. The van der Waals surface area contributed by atoms with E-state index in [1.807, 2.05) is 0 Å². The second-order valence-corrected chi connectivity index (χ2v) is 7.19. The molecule has 1 aromatic carbocycles. The number of carbonyl (C=O) groups excluding carboxylic acids is 3. The van der Waals surface area contributed by atoms with Gasteiger partial charge in [0, 0.05) is 25.3 Å². The number of carboxylic acids is 1. The fourth-order valence-electron chi connectivity index (χ4n) is 2.65. The lowest BCUT2D eigenvalue weighted by Gasteiger charge is -2.12. The number of aromatic carboxylic acids is 1. The minimum absolute atomic E-state index is 0.121. The molecule has 1 aliphatic rings. The van der Waals surface area contributed by atoms with E-state index < -0.39 is 23.0 Å². The molecule has 10 heteroatoms. The van der Waals surface area contributed by atoms with Gasteiger partial charge >= 0.3 is 5.97 Å². The van der Waals surface area contributed by atoms with Crippen molar-refractivity contribution < 1.29 is 33.4 Å². The van der Waals surface area contributed by atoms with Crippen molar-refractivity contribution in [2.45, 2.75) is 0 Å². The summed E-state index contributed by atoms with van der Waals surface area (Å²) in [6.45, 7) is 0.223. The van der Waals surface area contributed by atoms with E-state index in [0.717, 1.165) is 4.90 Å². The van der Waals surface area contributed by atoms with Crippen LogP contribution in [0, 0.1) is 0 Å². The van der Waals surface area contributed by atoms with Crippen LogP contribution in [0.4, 0.5) is 4.79 Å². The van der Waals surface area contributed by atoms with Gasteiger partial charge in [-0.25, -0.2) is 4.79 Å². The third kappa shape index (κ3) is 4.97. The van der Waals surface area contributed by atoms with Gasteiger partial charge in [0.2, 0.25) is 5.91 Å². The third-order valence-corrected chi connectivity index (χ3v) is 5.01. The van der Waals surface area contributed by atoms with Crippen LogP contribution in [0.15, 0.2) is 45.7 Å². The van der Waals surface area contributed by atoms with Crippen molar-refractivity contribution >= 4 is 40.9 Å². The molecule has 9 nitrogen and oxygen atoms in total. The zero-order valence-corrected chi connectivity index (χ0v) is 16.7. The number of hydrogen-bond donors (Lipinski definition) is 2. The first-order valence-electron chi connectivity index (χ1n) is 8.83. The zero-order chi connectivity index (χ0) is 21.7. The van der Waals surface area contributed by atoms with E-state index in [9.17, 15) is 19.2 Å². The molecule has 0 saturated carbocycles. The van der Waals surface area contributed by atoms with Gasteiger partial charge in [-0.05, 0) is 36.0 Å². The zero-order valence-electron chi connectivity index (χ0n) is 15.9. The second-order valence-electron chi connectivity index (χ2n) is 6.20. The molecule has 3 amide bonds. The number of imide groups is 1. The second kappa shape index (κ2) is 9.42. The predicted molar refractivity (Wildman–Crippen MR) is 109 cm³/mol. The Morgan fingerprint density at radius 2 is 2.07 bits per heavy atom. The van der Waals surface area contributed by atoms with Crippen LogP contribution in [-0.4, -0.2) is 59.8 Å². The molecular weight excluding hydrogens is 412 g/mol. The van der Waals surface area contributed by atoms with Crippen molar-refractivity contribution in [2.75, 3.05) is 26.8 Å². The van der Waals surface area contributed by atoms with Gasteiger partial charge in [0.05, 0.1) is 17.1 Å². The van der Waals surface area contributed by atoms with Gasteiger partial charge in [-0.15, -0.1) is 0 Å². The number of amides is 3. The number of rotatable bonds is 8. The molecule has 2 N–H and O–H groups in total. The molecule has 2 aromatic rings. The van der Waals surface area contributed by atoms with Crippen LogP contribution in [-0.2, 0) is 14.3 Å². The van der Waals surface area contributed by atoms with Crippen molar-refractivity contribution in [1.29, 1.82) is 0 Å². The molecule has 1 fully saturated rings. The summed E-state index contributed by atoms with van der Waals surface area (Å²) in [7, 11) is 1.50. The third-order valence-electron chi connectivity index (χ3n) is 4.10. The Labute approximate surface area is 175 Å². The lowest BCUT2D eigenvalue weighted by molar-refractivity contribution is -0.129. The number of nitrogens with one attached hydrogen (secondary N) is 1. The summed E-state index contributed by atoms with van der Waals surface area (Å²) in [5.41, 5.74) is 0.686. The van der Waals surface area contributed by atoms with Gasteiger partial charge in [-0.1, -0.05) is 12.1 Å². The van der Waals surface area contributed by atoms with E-state index in [1.165, 1.54) is 25.3 Å². The summed E-state index contributed by atoms with van der Waals surface area (Å²) in [6, 6.07) is 9.49. The number of methoxy groups -OCH3 is 1. The number of benzene rings is 1. The Bertz CT molecular complexity index is 1030. The normalized spacial score (nSPS) is 15.1. The molecule has 0 aliphatic carbocycles. The highest BCUT2D eigenvalue weighted by Gasteiger charge is 2.36. The van der Waals surface area contributed by atoms with Crippen molar-refractivity contribution in [3.8, 4) is 11.3 Å². The summed E-state index contributed by atoms with van der Waals surface area (Å²) >= 11 is 0.715. The van der Waals surface area contributed by atoms with Crippen LogP contribution in [0.5, 0.6) is 0 Å². The number of nitrogens with zero attached hydrogens (tertiary/aromatic N) is 1. The van der Waals surface area contributed by atoms with E-state index in [2.05, 4.69) is 5.32 Å². The first-order chi connectivity index (χ1) is 14.4. The smallest absolute Gasteiger partial charge is 0.335 e. The molecule has 3 rings (SSSR count). The average molecular weight is 430 g/mol. The SMILES string of the molecule is COCCNC(=O)CN1C(=O)S/C(=C\c2ccc(-c3cccc(C(=O)O)c3)o2)C1=O. The molecule has 0 spiro atoms. The highest BCUT2D eigenvalue weighted by atomic mass is 32.2.